The highest BCUT2D eigenvalue weighted by Gasteiger charge is 2.32. The Kier molecular flexibility index (Phi) is 7.29. The molecule has 0 aromatic heterocycles. The van der Waals surface area contributed by atoms with Gasteiger partial charge < -0.3 is 5.11 Å². The second kappa shape index (κ2) is 9.44. The van der Waals surface area contributed by atoms with Crippen LogP contribution < -0.4 is 0 Å². The number of rotatable bonds is 9. The molecule has 2 atom stereocenters. The minimum absolute atomic E-state index is 0.0424. The van der Waals surface area contributed by atoms with Crippen LogP contribution in [-0.4, -0.2) is 16.9 Å². The van der Waals surface area contributed by atoms with Gasteiger partial charge in [0.25, 0.3) is 0 Å². The number of carboxylic acids is 1. The molecular formula is C20H24F2O3. The summed E-state index contributed by atoms with van der Waals surface area (Å²) in [5, 5.41) is 8.60. The van der Waals surface area contributed by atoms with Crippen LogP contribution >= 0.6 is 0 Å². The van der Waals surface area contributed by atoms with Crippen molar-refractivity contribution >= 4 is 17.8 Å². The molecule has 0 spiro atoms. The van der Waals surface area contributed by atoms with E-state index in [1.54, 1.807) is 6.08 Å². The van der Waals surface area contributed by atoms with Gasteiger partial charge in [-0.25, -0.2) is 8.78 Å². The zero-order valence-electron chi connectivity index (χ0n) is 14.2. The lowest BCUT2D eigenvalue weighted by molar-refractivity contribution is -0.137. The lowest BCUT2D eigenvalue weighted by Gasteiger charge is -2.14. The van der Waals surface area contributed by atoms with Gasteiger partial charge in [-0.1, -0.05) is 31.4 Å². The van der Waals surface area contributed by atoms with Crippen molar-refractivity contribution in [1.29, 1.82) is 0 Å². The Morgan fingerprint density at radius 2 is 1.96 bits per heavy atom. The van der Waals surface area contributed by atoms with Crippen LogP contribution in [0.5, 0.6) is 0 Å². The normalized spacial score (nSPS) is 20.5. The molecule has 1 saturated carbocycles. The maximum atomic E-state index is 13.7. The fourth-order valence-electron chi connectivity index (χ4n) is 3.40. The van der Waals surface area contributed by atoms with E-state index in [1.807, 2.05) is 6.08 Å². The molecule has 25 heavy (non-hydrogen) atoms. The van der Waals surface area contributed by atoms with Crippen molar-refractivity contribution in [1.82, 2.24) is 0 Å². The molecule has 0 bridgehead atoms. The fourth-order valence-corrected chi connectivity index (χ4v) is 3.40. The lowest BCUT2D eigenvalue weighted by atomic mass is 9.89. The number of carboxylic acid groups (broad SMARTS) is 1. The van der Waals surface area contributed by atoms with Gasteiger partial charge in [-0.3, -0.25) is 9.59 Å². The summed E-state index contributed by atoms with van der Waals surface area (Å²) in [6, 6.07) is 3.47. The zero-order chi connectivity index (χ0) is 18.2. The number of carbonyl (C=O) groups is 2. The monoisotopic (exact) mass is 350 g/mol. The molecule has 1 aliphatic rings. The highest BCUT2D eigenvalue weighted by Crippen LogP contribution is 2.34. The first kappa shape index (κ1) is 19.3. The smallest absolute Gasteiger partial charge is 0.303 e. The molecule has 5 heteroatoms. The molecule has 136 valence electrons. The van der Waals surface area contributed by atoms with E-state index >= 15 is 0 Å². The van der Waals surface area contributed by atoms with Crippen LogP contribution in [0, 0.1) is 23.5 Å². The first-order valence-corrected chi connectivity index (χ1v) is 8.85. The Balaban J connectivity index is 1.84. The molecule has 0 amide bonds. The summed E-state index contributed by atoms with van der Waals surface area (Å²) in [5.74, 6) is -1.68. The first-order chi connectivity index (χ1) is 12.0. The van der Waals surface area contributed by atoms with Crippen molar-refractivity contribution in [2.24, 2.45) is 11.8 Å². The Morgan fingerprint density at radius 1 is 1.20 bits per heavy atom. The molecule has 0 radical (unpaired) electrons. The van der Waals surface area contributed by atoms with E-state index in [-0.39, 0.29) is 24.0 Å². The maximum absolute atomic E-state index is 13.7. The van der Waals surface area contributed by atoms with E-state index in [4.69, 9.17) is 5.11 Å². The number of carbonyl (C=O) groups excluding carboxylic acids is 1. The van der Waals surface area contributed by atoms with Crippen LogP contribution in [0.4, 0.5) is 8.78 Å². The number of hydrogen-bond donors (Lipinski definition) is 1. The van der Waals surface area contributed by atoms with Gasteiger partial charge in [0, 0.05) is 30.4 Å². The predicted molar refractivity (Wildman–Crippen MR) is 92.0 cm³/mol. The molecule has 0 saturated heterocycles. The Bertz CT molecular complexity index is 640. The summed E-state index contributed by atoms with van der Waals surface area (Å²) >= 11 is 0. The number of aliphatic carboxylic acids is 1. The average Bonchev–Trinajstić information content (AvgIpc) is 2.90. The van der Waals surface area contributed by atoms with Crippen LogP contribution in [0.15, 0.2) is 24.3 Å². The lowest BCUT2D eigenvalue weighted by Crippen LogP contribution is -2.13. The standard InChI is InChI=1S/C20H24F2O3/c21-16-11-9-15(18(22)13-16)8-7-14-10-12-19(23)17(14)5-3-1-2-4-6-20(24)25/h7-9,11,13-14,17H,1-6,10,12H2,(H,24,25). The molecule has 0 heterocycles. The number of benzene rings is 1. The van der Waals surface area contributed by atoms with Crippen LogP contribution in [-0.2, 0) is 9.59 Å². The van der Waals surface area contributed by atoms with Gasteiger partial charge in [0.15, 0.2) is 0 Å². The third-order valence-corrected chi connectivity index (χ3v) is 4.80. The number of hydrogen-bond acceptors (Lipinski definition) is 2. The van der Waals surface area contributed by atoms with E-state index in [2.05, 4.69) is 0 Å². The van der Waals surface area contributed by atoms with Crippen LogP contribution in [0.2, 0.25) is 0 Å². The third-order valence-electron chi connectivity index (χ3n) is 4.80. The average molecular weight is 350 g/mol. The summed E-state index contributed by atoms with van der Waals surface area (Å²) < 4.78 is 26.6. The van der Waals surface area contributed by atoms with Crippen molar-refractivity contribution in [3.8, 4) is 0 Å². The molecule has 1 aromatic rings. The van der Waals surface area contributed by atoms with Crippen molar-refractivity contribution in [2.45, 2.75) is 51.4 Å². The highest BCUT2D eigenvalue weighted by molar-refractivity contribution is 5.84. The Hall–Kier alpha value is -2.04. The Labute approximate surface area is 146 Å². The van der Waals surface area contributed by atoms with Gasteiger partial charge in [-0.15, -0.1) is 0 Å². The van der Waals surface area contributed by atoms with Crippen LogP contribution in [0.25, 0.3) is 6.08 Å². The number of halogens is 2. The van der Waals surface area contributed by atoms with Crippen molar-refractivity contribution in [2.75, 3.05) is 0 Å². The summed E-state index contributed by atoms with van der Waals surface area (Å²) in [5.41, 5.74) is 0.327. The molecular weight excluding hydrogens is 326 g/mol. The first-order valence-electron chi connectivity index (χ1n) is 8.85. The molecule has 1 aromatic carbocycles. The second-order valence-corrected chi connectivity index (χ2v) is 6.65. The molecule has 3 nitrogen and oxygen atoms in total. The highest BCUT2D eigenvalue weighted by atomic mass is 19.1. The number of unbranched alkanes of at least 4 members (excludes halogenated alkanes) is 3. The largest absolute Gasteiger partial charge is 0.481 e. The van der Waals surface area contributed by atoms with Gasteiger partial charge in [-0.05, 0) is 37.3 Å². The number of ketones is 1. The van der Waals surface area contributed by atoms with Gasteiger partial charge >= 0.3 is 5.97 Å². The predicted octanol–water partition coefficient (Wildman–Crippen LogP) is 5.00. The van der Waals surface area contributed by atoms with Crippen molar-refractivity contribution in [3.63, 3.8) is 0 Å². The Morgan fingerprint density at radius 3 is 2.68 bits per heavy atom. The summed E-state index contributed by atoms with van der Waals surface area (Å²) in [6.45, 7) is 0. The van der Waals surface area contributed by atoms with Crippen LogP contribution in [0.3, 0.4) is 0 Å². The van der Waals surface area contributed by atoms with E-state index in [9.17, 15) is 18.4 Å². The van der Waals surface area contributed by atoms with Crippen LogP contribution in [0.1, 0.15) is 56.9 Å². The minimum atomic E-state index is -0.774. The quantitative estimate of drug-likeness (QED) is 0.638. The molecule has 1 fully saturated rings. The van der Waals surface area contributed by atoms with Gasteiger partial charge in [0.1, 0.15) is 17.4 Å². The molecule has 2 rings (SSSR count). The summed E-state index contributed by atoms with van der Waals surface area (Å²) in [4.78, 5) is 22.5. The van der Waals surface area contributed by atoms with Gasteiger partial charge in [-0.2, -0.15) is 0 Å². The number of Topliss-reactive ketones (excluding diaryl/α,β-unsaturated/α-hetero) is 1. The van der Waals surface area contributed by atoms with Crippen molar-refractivity contribution < 1.29 is 23.5 Å². The summed E-state index contributed by atoms with van der Waals surface area (Å²) in [7, 11) is 0. The molecule has 2 unspecified atom stereocenters. The topological polar surface area (TPSA) is 54.4 Å². The van der Waals surface area contributed by atoms with Crippen molar-refractivity contribution in [3.05, 3.63) is 41.5 Å². The second-order valence-electron chi connectivity index (χ2n) is 6.65. The van der Waals surface area contributed by atoms with E-state index in [0.29, 0.717) is 18.4 Å². The van der Waals surface area contributed by atoms with E-state index in [0.717, 1.165) is 38.2 Å². The molecule has 1 N–H and O–H groups in total. The van der Waals surface area contributed by atoms with Gasteiger partial charge in [0.05, 0.1) is 0 Å². The number of allylic oxidation sites excluding steroid dienone is 1. The SMILES string of the molecule is O=C(O)CCCCCCC1C(=O)CCC1C=Cc1ccc(F)cc1F. The molecule has 1 aliphatic carbocycles. The minimum Gasteiger partial charge on any atom is -0.481 e. The van der Waals surface area contributed by atoms with E-state index < -0.39 is 17.6 Å². The van der Waals surface area contributed by atoms with Gasteiger partial charge in [0.2, 0.25) is 0 Å². The fraction of sp³-hybridized carbons (Fsp3) is 0.500. The third kappa shape index (κ3) is 6.07. The zero-order valence-corrected chi connectivity index (χ0v) is 14.2. The summed E-state index contributed by atoms with van der Waals surface area (Å²) in [6.07, 6.45) is 9.13. The van der Waals surface area contributed by atoms with E-state index in [1.165, 1.54) is 12.1 Å². The molecule has 0 aliphatic heterocycles. The maximum Gasteiger partial charge on any atom is 0.303 e.